The lowest BCUT2D eigenvalue weighted by Crippen LogP contribution is -2.44. The van der Waals surface area contributed by atoms with Crippen molar-refractivity contribution in [3.05, 3.63) is 22.9 Å². The number of hydrogen-bond donors (Lipinski definition) is 1. The highest BCUT2D eigenvalue weighted by Gasteiger charge is 2.44. The van der Waals surface area contributed by atoms with E-state index >= 15 is 0 Å². The van der Waals surface area contributed by atoms with Crippen molar-refractivity contribution in [2.75, 3.05) is 18.1 Å². The third kappa shape index (κ3) is 4.67. The van der Waals surface area contributed by atoms with Crippen LogP contribution in [0.1, 0.15) is 39.0 Å². The second kappa shape index (κ2) is 8.64. The molecule has 0 bridgehead atoms. The lowest BCUT2D eigenvalue weighted by atomic mass is 9.86. The number of aliphatic hydroxyl groups is 1. The van der Waals surface area contributed by atoms with E-state index in [9.17, 15) is 9.90 Å². The largest absolute Gasteiger partial charge is 0.511 e. The van der Waals surface area contributed by atoms with Crippen LogP contribution in [0.15, 0.2) is 28.1 Å². The first-order valence-electron chi connectivity index (χ1n) is 7.79. The van der Waals surface area contributed by atoms with Crippen LogP contribution in [0.4, 0.5) is 0 Å². The Kier molecular flexibility index (Phi) is 6.84. The fraction of sp³-hybridized carbons (Fsp3) is 0.625. The molecule has 1 saturated heterocycles. The molecule has 0 atom stereocenters. The summed E-state index contributed by atoms with van der Waals surface area (Å²) in [5.74, 6) is 1.46. The molecule has 2 aliphatic rings. The van der Waals surface area contributed by atoms with Crippen LogP contribution in [0, 0.1) is 0 Å². The van der Waals surface area contributed by atoms with Gasteiger partial charge < -0.3 is 14.7 Å². The molecule has 128 valence electrons. The molecular weight excluding hydrogens is 338 g/mol. The monoisotopic (exact) mass is 359 g/mol. The van der Waals surface area contributed by atoms with Gasteiger partial charge in [0.05, 0.1) is 5.71 Å². The standard InChI is InChI=1S/C16H22ClNO4S/c1-2-4-12(18-21-8-3-7-17)14-13(19)11-16(22-15(14)20)5-9-23-10-6-16/h3,7,19H,2,4-6,8-11H2,1H3. The molecule has 0 saturated carbocycles. The molecule has 0 radical (unpaired) electrons. The van der Waals surface area contributed by atoms with Crippen molar-refractivity contribution < 1.29 is 19.5 Å². The van der Waals surface area contributed by atoms with Crippen LogP contribution in [-0.2, 0) is 14.4 Å². The molecule has 1 spiro atoms. The number of rotatable bonds is 6. The summed E-state index contributed by atoms with van der Waals surface area (Å²) < 4.78 is 5.71. The van der Waals surface area contributed by atoms with E-state index < -0.39 is 11.6 Å². The average molecular weight is 360 g/mol. The van der Waals surface area contributed by atoms with Gasteiger partial charge in [-0.15, -0.1) is 0 Å². The van der Waals surface area contributed by atoms with E-state index in [0.717, 1.165) is 30.8 Å². The van der Waals surface area contributed by atoms with Gasteiger partial charge in [0.25, 0.3) is 0 Å². The Hall–Kier alpha value is -1.14. The first-order chi connectivity index (χ1) is 11.1. The van der Waals surface area contributed by atoms with Crippen LogP contribution < -0.4 is 0 Å². The summed E-state index contributed by atoms with van der Waals surface area (Å²) in [6.45, 7) is 2.18. The van der Waals surface area contributed by atoms with Crippen molar-refractivity contribution in [2.45, 2.75) is 44.6 Å². The predicted molar refractivity (Wildman–Crippen MR) is 92.9 cm³/mol. The molecule has 0 aliphatic carbocycles. The zero-order chi connectivity index (χ0) is 16.7. The number of carbonyl (C=O) groups is 1. The molecule has 0 aromatic heterocycles. The van der Waals surface area contributed by atoms with E-state index in [4.69, 9.17) is 21.2 Å². The molecule has 2 aliphatic heterocycles. The number of carbonyl (C=O) groups excluding carboxylic acids is 1. The molecule has 0 amide bonds. The van der Waals surface area contributed by atoms with Crippen molar-refractivity contribution >= 4 is 35.0 Å². The van der Waals surface area contributed by atoms with Crippen LogP contribution in [0.5, 0.6) is 0 Å². The minimum Gasteiger partial charge on any atom is -0.511 e. The number of ether oxygens (including phenoxy) is 1. The Morgan fingerprint density at radius 2 is 2.26 bits per heavy atom. The van der Waals surface area contributed by atoms with Crippen LogP contribution in [0.25, 0.3) is 0 Å². The van der Waals surface area contributed by atoms with Gasteiger partial charge in [0.1, 0.15) is 23.5 Å². The first-order valence-corrected chi connectivity index (χ1v) is 9.38. The minimum absolute atomic E-state index is 0.0665. The molecule has 1 N–H and O–H groups in total. The van der Waals surface area contributed by atoms with Gasteiger partial charge in [-0.2, -0.15) is 11.8 Å². The molecule has 0 aromatic rings. The van der Waals surface area contributed by atoms with E-state index in [1.54, 1.807) is 6.08 Å². The van der Waals surface area contributed by atoms with E-state index in [-0.39, 0.29) is 17.9 Å². The number of halogens is 1. The van der Waals surface area contributed by atoms with Gasteiger partial charge in [0.15, 0.2) is 0 Å². The third-order valence-corrected chi connectivity index (χ3v) is 5.07. The Morgan fingerprint density at radius 3 is 2.87 bits per heavy atom. The van der Waals surface area contributed by atoms with E-state index in [0.29, 0.717) is 18.6 Å². The Labute approximate surface area is 145 Å². The molecule has 0 aromatic carbocycles. The molecule has 2 rings (SSSR count). The molecule has 0 unspecified atom stereocenters. The molecule has 2 heterocycles. The van der Waals surface area contributed by atoms with Crippen molar-refractivity contribution in [1.82, 2.24) is 0 Å². The summed E-state index contributed by atoms with van der Waals surface area (Å²) in [6, 6.07) is 0. The second-order valence-electron chi connectivity index (χ2n) is 5.63. The minimum atomic E-state index is -0.546. The molecule has 1 fully saturated rings. The average Bonchev–Trinajstić information content (AvgIpc) is 2.51. The highest BCUT2D eigenvalue weighted by Crippen LogP contribution is 2.39. The number of thioether (sulfide) groups is 1. The van der Waals surface area contributed by atoms with Crippen molar-refractivity contribution in [3.63, 3.8) is 0 Å². The van der Waals surface area contributed by atoms with E-state index in [1.165, 1.54) is 5.54 Å². The van der Waals surface area contributed by atoms with Crippen LogP contribution in [0.2, 0.25) is 0 Å². The SMILES string of the molecule is CCCC(=NOCC=CCl)C1=C(O)CC2(CCSCC2)OC1=O. The summed E-state index contributed by atoms with van der Waals surface area (Å²) in [5.41, 5.74) is 1.38. The van der Waals surface area contributed by atoms with Gasteiger partial charge in [0.2, 0.25) is 0 Å². The Morgan fingerprint density at radius 1 is 1.52 bits per heavy atom. The number of nitrogens with zero attached hydrogens (tertiary/aromatic N) is 1. The lowest BCUT2D eigenvalue weighted by Gasteiger charge is -2.39. The van der Waals surface area contributed by atoms with Crippen LogP contribution in [-0.4, -0.2) is 40.5 Å². The maximum absolute atomic E-state index is 12.5. The molecule has 7 heteroatoms. The van der Waals surface area contributed by atoms with Crippen LogP contribution in [0.3, 0.4) is 0 Å². The molecule has 23 heavy (non-hydrogen) atoms. The van der Waals surface area contributed by atoms with E-state index in [1.807, 2.05) is 18.7 Å². The number of esters is 1. The Balaban J connectivity index is 2.20. The summed E-state index contributed by atoms with van der Waals surface area (Å²) in [7, 11) is 0. The number of hydrogen-bond acceptors (Lipinski definition) is 6. The van der Waals surface area contributed by atoms with Gasteiger partial charge in [-0.05, 0) is 36.8 Å². The number of aliphatic hydroxyl groups excluding tert-OH is 1. The lowest BCUT2D eigenvalue weighted by molar-refractivity contribution is -0.158. The topological polar surface area (TPSA) is 68.1 Å². The van der Waals surface area contributed by atoms with Crippen molar-refractivity contribution in [2.24, 2.45) is 5.16 Å². The van der Waals surface area contributed by atoms with Gasteiger partial charge >= 0.3 is 5.97 Å². The fourth-order valence-corrected chi connectivity index (χ4v) is 4.06. The van der Waals surface area contributed by atoms with Gasteiger partial charge in [-0.3, -0.25) is 0 Å². The Bertz CT molecular complexity index is 524. The zero-order valence-corrected chi connectivity index (χ0v) is 14.8. The summed E-state index contributed by atoms with van der Waals surface area (Å²) in [4.78, 5) is 17.6. The summed E-state index contributed by atoms with van der Waals surface area (Å²) >= 11 is 7.27. The second-order valence-corrected chi connectivity index (χ2v) is 7.11. The predicted octanol–water partition coefficient (Wildman–Crippen LogP) is 3.94. The van der Waals surface area contributed by atoms with Crippen molar-refractivity contribution in [3.8, 4) is 0 Å². The van der Waals surface area contributed by atoms with Crippen molar-refractivity contribution in [1.29, 1.82) is 0 Å². The maximum Gasteiger partial charge on any atom is 0.344 e. The normalized spacial score (nSPS) is 21.8. The van der Waals surface area contributed by atoms with Gasteiger partial charge in [0, 0.05) is 12.0 Å². The summed E-state index contributed by atoms with van der Waals surface area (Å²) in [6.07, 6.45) is 4.81. The van der Waals surface area contributed by atoms with E-state index in [2.05, 4.69) is 5.16 Å². The quantitative estimate of drug-likeness (QED) is 0.337. The first kappa shape index (κ1) is 18.2. The zero-order valence-electron chi connectivity index (χ0n) is 13.2. The third-order valence-electron chi connectivity index (χ3n) is 3.91. The molecule has 5 nitrogen and oxygen atoms in total. The molecular formula is C16H22ClNO4S. The maximum atomic E-state index is 12.5. The van der Waals surface area contributed by atoms with Gasteiger partial charge in [-0.1, -0.05) is 30.1 Å². The van der Waals surface area contributed by atoms with Crippen LogP contribution >= 0.6 is 23.4 Å². The van der Waals surface area contributed by atoms with Gasteiger partial charge in [-0.25, -0.2) is 4.79 Å². The summed E-state index contributed by atoms with van der Waals surface area (Å²) in [5, 5.41) is 14.5. The highest BCUT2D eigenvalue weighted by atomic mass is 35.5. The highest BCUT2D eigenvalue weighted by molar-refractivity contribution is 7.99. The smallest absolute Gasteiger partial charge is 0.344 e. The number of oxime groups is 1. The fourth-order valence-electron chi connectivity index (χ4n) is 2.75.